The standard InChI is InChI=1S/C15H27N3/c1-5-12(4)11-18(7-3)15-9-13(10-16)8-14(6-2)17-15/h8-9,12H,5-7,10-11,16H2,1-4H3. The summed E-state index contributed by atoms with van der Waals surface area (Å²) in [7, 11) is 0. The van der Waals surface area contributed by atoms with Gasteiger partial charge in [-0.2, -0.15) is 0 Å². The fourth-order valence-corrected chi connectivity index (χ4v) is 1.98. The average Bonchev–Trinajstić information content (AvgIpc) is 2.43. The lowest BCUT2D eigenvalue weighted by Crippen LogP contribution is -2.29. The van der Waals surface area contributed by atoms with Crippen LogP contribution in [0.5, 0.6) is 0 Å². The second kappa shape index (κ2) is 7.37. The number of anilines is 1. The maximum Gasteiger partial charge on any atom is 0.129 e. The summed E-state index contributed by atoms with van der Waals surface area (Å²) in [4.78, 5) is 7.08. The lowest BCUT2D eigenvalue weighted by atomic mass is 10.1. The lowest BCUT2D eigenvalue weighted by Gasteiger charge is -2.26. The highest BCUT2D eigenvalue weighted by molar-refractivity contribution is 5.42. The van der Waals surface area contributed by atoms with Gasteiger partial charge in [-0.15, -0.1) is 0 Å². The number of nitrogens with zero attached hydrogens (tertiary/aromatic N) is 2. The summed E-state index contributed by atoms with van der Waals surface area (Å²) >= 11 is 0. The van der Waals surface area contributed by atoms with Crippen molar-refractivity contribution in [1.29, 1.82) is 0 Å². The molecule has 0 bridgehead atoms. The van der Waals surface area contributed by atoms with Crippen molar-refractivity contribution in [2.45, 2.75) is 47.1 Å². The molecule has 0 aliphatic heterocycles. The molecule has 18 heavy (non-hydrogen) atoms. The van der Waals surface area contributed by atoms with Crippen LogP contribution in [0, 0.1) is 5.92 Å². The highest BCUT2D eigenvalue weighted by atomic mass is 15.2. The second-order valence-electron chi connectivity index (χ2n) is 4.93. The largest absolute Gasteiger partial charge is 0.357 e. The monoisotopic (exact) mass is 249 g/mol. The summed E-state index contributed by atoms with van der Waals surface area (Å²) in [6.45, 7) is 11.5. The zero-order chi connectivity index (χ0) is 13.5. The van der Waals surface area contributed by atoms with Crippen molar-refractivity contribution in [3.8, 4) is 0 Å². The quantitative estimate of drug-likeness (QED) is 0.808. The second-order valence-corrected chi connectivity index (χ2v) is 4.93. The Morgan fingerprint density at radius 2 is 2.00 bits per heavy atom. The Bertz CT molecular complexity index is 341. The van der Waals surface area contributed by atoms with Gasteiger partial charge >= 0.3 is 0 Å². The summed E-state index contributed by atoms with van der Waals surface area (Å²) in [6.07, 6.45) is 2.16. The number of rotatable bonds is 7. The van der Waals surface area contributed by atoms with Gasteiger partial charge in [0.2, 0.25) is 0 Å². The van der Waals surface area contributed by atoms with Gasteiger partial charge in [-0.3, -0.25) is 0 Å². The van der Waals surface area contributed by atoms with Gasteiger partial charge in [-0.1, -0.05) is 27.2 Å². The minimum Gasteiger partial charge on any atom is -0.357 e. The Balaban J connectivity index is 2.96. The maximum atomic E-state index is 5.77. The van der Waals surface area contributed by atoms with Crippen LogP contribution in [0.25, 0.3) is 0 Å². The first-order chi connectivity index (χ1) is 8.64. The van der Waals surface area contributed by atoms with Crippen molar-refractivity contribution in [2.75, 3.05) is 18.0 Å². The van der Waals surface area contributed by atoms with E-state index < -0.39 is 0 Å². The van der Waals surface area contributed by atoms with Crippen molar-refractivity contribution in [1.82, 2.24) is 4.98 Å². The van der Waals surface area contributed by atoms with E-state index in [4.69, 9.17) is 10.7 Å². The first-order valence-corrected chi connectivity index (χ1v) is 7.09. The zero-order valence-corrected chi connectivity index (χ0v) is 12.2. The van der Waals surface area contributed by atoms with Crippen LogP contribution in [0.4, 0.5) is 5.82 Å². The summed E-state index contributed by atoms with van der Waals surface area (Å²) in [5.41, 5.74) is 8.08. The van der Waals surface area contributed by atoms with Gasteiger partial charge in [0.15, 0.2) is 0 Å². The molecular formula is C15H27N3. The molecule has 0 aliphatic rings. The van der Waals surface area contributed by atoms with Gasteiger partial charge < -0.3 is 10.6 Å². The van der Waals surface area contributed by atoms with Crippen LogP contribution in [0.15, 0.2) is 12.1 Å². The van der Waals surface area contributed by atoms with E-state index in [-0.39, 0.29) is 0 Å². The van der Waals surface area contributed by atoms with E-state index in [1.165, 1.54) is 12.0 Å². The molecule has 3 nitrogen and oxygen atoms in total. The van der Waals surface area contributed by atoms with Crippen molar-refractivity contribution < 1.29 is 0 Å². The number of hydrogen-bond acceptors (Lipinski definition) is 3. The van der Waals surface area contributed by atoms with Crippen molar-refractivity contribution in [2.24, 2.45) is 11.7 Å². The third-order valence-electron chi connectivity index (χ3n) is 3.46. The number of nitrogens with two attached hydrogens (primary N) is 1. The smallest absolute Gasteiger partial charge is 0.129 e. The molecule has 0 fully saturated rings. The Morgan fingerprint density at radius 3 is 2.50 bits per heavy atom. The van der Waals surface area contributed by atoms with Gasteiger partial charge in [0.25, 0.3) is 0 Å². The summed E-state index contributed by atoms with van der Waals surface area (Å²) < 4.78 is 0. The molecule has 0 aliphatic carbocycles. The molecule has 1 aromatic heterocycles. The van der Waals surface area contributed by atoms with Crippen molar-refractivity contribution in [3.05, 3.63) is 23.4 Å². The number of hydrogen-bond donors (Lipinski definition) is 1. The van der Waals surface area contributed by atoms with Crippen molar-refractivity contribution >= 4 is 5.82 Å². The predicted molar refractivity (Wildman–Crippen MR) is 78.8 cm³/mol. The van der Waals surface area contributed by atoms with Crippen LogP contribution in [-0.2, 0) is 13.0 Å². The Labute approximate surface area is 111 Å². The van der Waals surface area contributed by atoms with Crippen LogP contribution in [-0.4, -0.2) is 18.1 Å². The Hall–Kier alpha value is -1.09. The SMILES string of the molecule is CCc1cc(CN)cc(N(CC)CC(C)CC)n1. The fraction of sp³-hybridized carbons (Fsp3) is 0.667. The molecular weight excluding hydrogens is 222 g/mol. The molecule has 1 rings (SSSR count). The molecule has 0 saturated carbocycles. The Morgan fingerprint density at radius 1 is 1.28 bits per heavy atom. The van der Waals surface area contributed by atoms with Gasteiger partial charge in [-0.05, 0) is 37.0 Å². The van der Waals surface area contributed by atoms with Crippen LogP contribution in [0.2, 0.25) is 0 Å². The van der Waals surface area contributed by atoms with Gasteiger partial charge in [0, 0.05) is 25.3 Å². The van der Waals surface area contributed by atoms with E-state index in [9.17, 15) is 0 Å². The van der Waals surface area contributed by atoms with E-state index in [1.807, 2.05) is 0 Å². The fourth-order valence-electron chi connectivity index (χ4n) is 1.98. The van der Waals surface area contributed by atoms with Crippen LogP contribution in [0.3, 0.4) is 0 Å². The van der Waals surface area contributed by atoms with Crippen LogP contribution >= 0.6 is 0 Å². The molecule has 1 atom stereocenters. The highest BCUT2D eigenvalue weighted by Gasteiger charge is 2.11. The molecule has 3 heteroatoms. The van der Waals surface area contributed by atoms with E-state index in [1.54, 1.807) is 0 Å². The van der Waals surface area contributed by atoms with Crippen LogP contribution < -0.4 is 10.6 Å². The molecule has 1 aromatic rings. The average molecular weight is 249 g/mol. The minimum absolute atomic E-state index is 0.587. The van der Waals surface area contributed by atoms with Crippen LogP contribution in [0.1, 0.15) is 45.4 Å². The molecule has 2 N–H and O–H groups in total. The van der Waals surface area contributed by atoms with E-state index in [0.717, 1.165) is 31.0 Å². The number of aromatic nitrogens is 1. The topological polar surface area (TPSA) is 42.1 Å². The third-order valence-corrected chi connectivity index (χ3v) is 3.46. The summed E-state index contributed by atoms with van der Waals surface area (Å²) in [6, 6.07) is 4.24. The van der Waals surface area contributed by atoms with E-state index in [2.05, 4.69) is 44.7 Å². The third kappa shape index (κ3) is 3.98. The summed E-state index contributed by atoms with van der Waals surface area (Å²) in [5.74, 6) is 1.77. The zero-order valence-electron chi connectivity index (χ0n) is 12.2. The normalized spacial score (nSPS) is 12.5. The molecule has 1 heterocycles. The number of aryl methyl sites for hydroxylation is 1. The predicted octanol–water partition coefficient (Wildman–Crippen LogP) is 2.98. The summed E-state index contributed by atoms with van der Waals surface area (Å²) in [5, 5.41) is 0. The highest BCUT2D eigenvalue weighted by Crippen LogP contribution is 2.17. The molecule has 1 unspecified atom stereocenters. The first kappa shape index (κ1) is 15.0. The molecule has 0 aromatic carbocycles. The number of pyridine rings is 1. The van der Waals surface area contributed by atoms with E-state index >= 15 is 0 Å². The maximum absolute atomic E-state index is 5.77. The molecule has 0 spiro atoms. The minimum atomic E-state index is 0.587. The molecule has 0 amide bonds. The first-order valence-electron chi connectivity index (χ1n) is 7.09. The Kier molecular flexibility index (Phi) is 6.13. The van der Waals surface area contributed by atoms with Crippen molar-refractivity contribution in [3.63, 3.8) is 0 Å². The lowest BCUT2D eigenvalue weighted by molar-refractivity contribution is 0.545. The van der Waals surface area contributed by atoms with Gasteiger partial charge in [-0.25, -0.2) is 4.98 Å². The van der Waals surface area contributed by atoms with Gasteiger partial charge in [0.1, 0.15) is 5.82 Å². The van der Waals surface area contributed by atoms with Gasteiger partial charge in [0.05, 0.1) is 0 Å². The van der Waals surface area contributed by atoms with E-state index in [0.29, 0.717) is 12.5 Å². The molecule has 0 radical (unpaired) electrons. The molecule has 0 saturated heterocycles. The molecule has 102 valence electrons.